The maximum absolute atomic E-state index is 12.6. The molecule has 0 atom stereocenters. The zero-order valence-electron chi connectivity index (χ0n) is 6.98. The largest absolute Gasteiger partial charge is 0.380 e. The molecule has 0 saturated heterocycles. The van der Waals surface area contributed by atoms with Crippen LogP contribution in [0.2, 0.25) is 0 Å². The molecule has 6 heteroatoms. The van der Waals surface area contributed by atoms with Crippen LogP contribution in [-0.4, -0.2) is 15.0 Å². The summed E-state index contributed by atoms with van der Waals surface area (Å²) in [6, 6.07) is 5.81. The van der Waals surface area contributed by atoms with Crippen LogP contribution < -0.4 is 5.73 Å². The molecule has 0 amide bonds. The third-order valence-electron chi connectivity index (χ3n) is 1.65. The van der Waals surface area contributed by atoms with Crippen molar-refractivity contribution in [1.29, 1.82) is 0 Å². The third kappa shape index (κ3) is 1.60. The van der Waals surface area contributed by atoms with Crippen molar-refractivity contribution in [2.45, 2.75) is 0 Å². The standard InChI is InChI=1S/C8H6BrFN4/c9-7-8(11)13-14(12-7)6-3-1-5(10)2-4-6/h1-4H,(H2,11,13). The van der Waals surface area contributed by atoms with Crippen LogP contribution in [0.25, 0.3) is 5.69 Å². The SMILES string of the molecule is Nc1nn(-c2ccc(F)cc2)nc1Br. The Balaban J connectivity index is 2.44. The van der Waals surface area contributed by atoms with Crippen molar-refractivity contribution in [1.82, 2.24) is 15.0 Å². The molecular weight excluding hydrogens is 251 g/mol. The van der Waals surface area contributed by atoms with E-state index in [4.69, 9.17) is 5.73 Å². The quantitative estimate of drug-likeness (QED) is 0.846. The highest BCUT2D eigenvalue weighted by Crippen LogP contribution is 2.15. The van der Waals surface area contributed by atoms with Crippen molar-refractivity contribution < 1.29 is 4.39 Å². The minimum Gasteiger partial charge on any atom is -0.380 e. The molecule has 72 valence electrons. The van der Waals surface area contributed by atoms with Crippen molar-refractivity contribution in [3.05, 3.63) is 34.7 Å². The zero-order chi connectivity index (χ0) is 10.1. The van der Waals surface area contributed by atoms with Crippen LogP contribution in [0.5, 0.6) is 0 Å². The molecule has 4 nitrogen and oxygen atoms in total. The molecule has 0 saturated carbocycles. The Morgan fingerprint density at radius 2 is 1.86 bits per heavy atom. The Bertz CT molecular complexity index is 431. The Kier molecular flexibility index (Phi) is 2.20. The molecule has 2 N–H and O–H groups in total. The van der Waals surface area contributed by atoms with Crippen LogP contribution in [0.4, 0.5) is 10.2 Å². The summed E-state index contributed by atoms with van der Waals surface area (Å²) in [7, 11) is 0. The number of hydrogen-bond donors (Lipinski definition) is 1. The predicted octanol–water partition coefficient (Wildman–Crippen LogP) is 1.75. The highest BCUT2D eigenvalue weighted by Gasteiger charge is 2.05. The van der Waals surface area contributed by atoms with Gasteiger partial charge in [0.1, 0.15) is 5.82 Å². The second-order valence-electron chi connectivity index (χ2n) is 2.64. The van der Waals surface area contributed by atoms with Crippen molar-refractivity contribution in [2.75, 3.05) is 5.73 Å². The Hall–Kier alpha value is -1.43. The van der Waals surface area contributed by atoms with Crippen LogP contribution in [0.1, 0.15) is 0 Å². The van der Waals surface area contributed by atoms with Crippen LogP contribution in [-0.2, 0) is 0 Å². The molecule has 2 rings (SSSR count). The van der Waals surface area contributed by atoms with Crippen molar-refractivity contribution in [3.8, 4) is 5.69 Å². The Labute approximate surface area is 87.7 Å². The van der Waals surface area contributed by atoms with E-state index < -0.39 is 0 Å². The molecule has 1 heterocycles. The monoisotopic (exact) mass is 256 g/mol. The predicted molar refractivity (Wildman–Crippen MR) is 53.4 cm³/mol. The molecule has 0 radical (unpaired) electrons. The molecule has 0 aliphatic carbocycles. The summed E-state index contributed by atoms with van der Waals surface area (Å²) in [5.74, 6) is 0.00210. The Morgan fingerprint density at radius 1 is 1.21 bits per heavy atom. The van der Waals surface area contributed by atoms with Crippen molar-refractivity contribution in [3.63, 3.8) is 0 Å². The fourth-order valence-electron chi connectivity index (χ4n) is 0.990. The molecule has 0 aliphatic rings. The fraction of sp³-hybridized carbons (Fsp3) is 0. The molecule has 0 aliphatic heterocycles. The molecule has 0 unspecified atom stereocenters. The number of nitrogens with two attached hydrogens (primary N) is 1. The van der Waals surface area contributed by atoms with Gasteiger partial charge in [-0.15, -0.1) is 15.0 Å². The third-order valence-corrected chi connectivity index (χ3v) is 2.22. The van der Waals surface area contributed by atoms with Gasteiger partial charge in [-0.3, -0.25) is 0 Å². The van der Waals surface area contributed by atoms with E-state index in [1.165, 1.54) is 16.9 Å². The first kappa shape index (κ1) is 9.14. The van der Waals surface area contributed by atoms with E-state index in [-0.39, 0.29) is 5.82 Å². The number of benzene rings is 1. The van der Waals surface area contributed by atoms with Crippen LogP contribution >= 0.6 is 15.9 Å². The maximum atomic E-state index is 12.6. The van der Waals surface area contributed by atoms with Crippen LogP contribution in [0, 0.1) is 5.82 Å². The van der Waals surface area contributed by atoms with Gasteiger partial charge < -0.3 is 5.73 Å². The van der Waals surface area contributed by atoms with Crippen molar-refractivity contribution in [2.24, 2.45) is 0 Å². The Morgan fingerprint density at radius 3 is 2.36 bits per heavy atom. The lowest BCUT2D eigenvalue weighted by atomic mass is 10.3. The highest BCUT2D eigenvalue weighted by atomic mass is 79.9. The van der Waals surface area contributed by atoms with Crippen LogP contribution in [0.15, 0.2) is 28.9 Å². The van der Waals surface area contributed by atoms with Crippen LogP contribution in [0.3, 0.4) is 0 Å². The molecular formula is C8H6BrFN4. The van der Waals surface area contributed by atoms with Gasteiger partial charge in [-0.1, -0.05) is 0 Å². The number of nitrogens with zero attached hydrogens (tertiary/aromatic N) is 3. The van der Waals surface area contributed by atoms with E-state index in [9.17, 15) is 4.39 Å². The summed E-state index contributed by atoms with van der Waals surface area (Å²) >= 11 is 3.13. The van der Waals surface area contributed by atoms with E-state index in [1.807, 2.05) is 0 Å². The van der Waals surface area contributed by atoms with E-state index >= 15 is 0 Å². The maximum Gasteiger partial charge on any atom is 0.181 e. The molecule has 14 heavy (non-hydrogen) atoms. The number of rotatable bonds is 1. The minimum atomic E-state index is -0.298. The van der Waals surface area contributed by atoms with E-state index in [0.29, 0.717) is 16.1 Å². The lowest BCUT2D eigenvalue weighted by molar-refractivity contribution is 0.626. The number of anilines is 1. The van der Waals surface area contributed by atoms with Gasteiger partial charge in [0.05, 0.1) is 5.69 Å². The summed E-state index contributed by atoms with van der Waals surface area (Å²) < 4.78 is 13.1. The number of aromatic nitrogens is 3. The number of halogens is 2. The fourth-order valence-corrected chi connectivity index (χ4v) is 1.22. The number of hydrogen-bond acceptors (Lipinski definition) is 3. The summed E-state index contributed by atoms with van der Waals surface area (Å²) in [4.78, 5) is 1.33. The van der Waals surface area contributed by atoms with Gasteiger partial charge in [0.2, 0.25) is 0 Å². The smallest absolute Gasteiger partial charge is 0.181 e. The van der Waals surface area contributed by atoms with Gasteiger partial charge in [-0.05, 0) is 40.2 Å². The summed E-state index contributed by atoms with van der Waals surface area (Å²) in [6.07, 6.45) is 0. The summed E-state index contributed by atoms with van der Waals surface area (Å²) in [5, 5.41) is 7.91. The lowest BCUT2D eigenvalue weighted by Crippen LogP contribution is -1.99. The second-order valence-corrected chi connectivity index (χ2v) is 3.39. The van der Waals surface area contributed by atoms with Gasteiger partial charge in [0.15, 0.2) is 10.4 Å². The zero-order valence-corrected chi connectivity index (χ0v) is 8.57. The first-order valence-corrected chi connectivity index (χ1v) is 4.60. The molecule has 0 bridgehead atoms. The topological polar surface area (TPSA) is 56.7 Å². The van der Waals surface area contributed by atoms with E-state index in [2.05, 4.69) is 26.1 Å². The average Bonchev–Trinajstić information content (AvgIpc) is 2.48. The van der Waals surface area contributed by atoms with Gasteiger partial charge in [0, 0.05) is 0 Å². The van der Waals surface area contributed by atoms with Gasteiger partial charge in [-0.25, -0.2) is 4.39 Å². The van der Waals surface area contributed by atoms with Gasteiger partial charge >= 0.3 is 0 Å². The second kappa shape index (κ2) is 3.38. The minimum absolute atomic E-state index is 0.298. The van der Waals surface area contributed by atoms with E-state index in [0.717, 1.165) is 0 Å². The molecule has 1 aromatic carbocycles. The molecule has 1 aromatic heterocycles. The molecule has 0 fully saturated rings. The first-order valence-electron chi connectivity index (χ1n) is 3.81. The normalized spacial score (nSPS) is 10.4. The summed E-state index contributed by atoms with van der Waals surface area (Å²) in [5.41, 5.74) is 6.15. The summed E-state index contributed by atoms with van der Waals surface area (Å²) in [6.45, 7) is 0. The molecule has 2 aromatic rings. The average molecular weight is 257 g/mol. The van der Waals surface area contributed by atoms with Gasteiger partial charge in [-0.2, -0.15) is 0 Å². The first-order chi connectivity index (χ1) is 6.66. The van der Waals surface area contributed by atoms with E-state index in [1.54, 1.807) is 12.1 Å². The lowest BCUT2D eigenvalue weighted by Gasteiger charge is -1.97. The highest BCUT2D eigenvalue weighted by molar-refractivity contribution is 9.10. The van der Waals surface area contributed by atoms with Crippen molar-refractivity contribution >= 4 is 21.7 Å². The number of nitrogen functional groups attached to an aromatic ring is 1. The molecule has 0 spiro atoms. The van der Waals surface area contributed by atoms with Gasteiger partial charge in [0.25, 0.3) is 0 Å².